The molecule has 1 aromatic carbocycles. The first-order chi connectivity index (χ1) is 9.54. The van der Waals surface area contributed by atoms with Gasteiger partial charge in [-0.2, -0.15) is 0 Å². The number of rotatable bonds is 5. The van der Waals surface area contributed by atoms with Crippen molar-refractivity contribution >= 4 is 33.0 Å². The molecule has 0 aliphatic carbocycles. The van der Waals surface area contributed by atoms with Gasteiger partial charge in [0.25, 0.3) is 5.91 Å². The van der Waals surface area contributed by atoms with Gasteiger partial charge in [0, 0.05) is 17.3 Å². The highest BCUT2D eigenvalue weighted by molar-refractivity contribution is 7.21. The minimum Gasteiger partial charge on any atom is -0.397 e. The Labute approximate surface area is 120 Å². The fourth-order valence-electron chi connectivity index (χ4n) is 1.92. The lowest BCUT2D eigenvalue weighted by molar-refractivity contribution is 0.0876. The van der Waals surface area contributed by atoms with E-state index in [0.717, 1.165) is 0 Å². The van der Waals surface area contributed by atoms with Gasteiger partial charge in [-0.3, -0.25) is 4.79 Å². The molecule has 1 atom stereocenters. The fraction of sp³-hybridized carbons (Fsp3) is 0.357. The molecule has 1 amide bonds. The van der Waals surface area contributed by atoms with Crippen LogP contribution in [-0.4, -0.2) is 25.2 Å². The van der Waals surface area contributed by atoms with Gasteiger partial charge >= 0.3 is 0 Å². The Kier molecular flexibility index (Phi) is 4.57. The smallest absolute Gasteiger partial charge is 0.263 e. The zero-order valence-electron chi connectivity index (χ0n) is 11.4. The summed E-state index contributed by atoms with van der Waals surface area (Å²) in [5.41, 5.74) is 6.09. The topological polar surface area (TPSA) is 64.3 Å². The van der Waals surface area contributed by atoms with Gasteiger partial charge in [-0.05, 0) is 26.0 Å². The van der Waals surface area contributed by atoms with Crippen molar-refractivity contribution in [2.75, 3.05) is 18.9 Å². The van der Waals surface area contributed by atoms with Crippen LogP contribution < -0.4 is 11.1 Å². The van der Waals surface area contributed by atoms with Crippen LogP contribution in [0.3, 0.4) is 0 Å². The number of carbonyl (C=O) groups excluding carboxylic acids is 1. The van der Waals surface area contributed by atoms with Crippen molar-refractivity contribution in [2.45, 2.75) is 19.9 Å². The molecule has 0 fully saturated rings. The van der Waals surface area contributed by atoms with Gasteiger partial charge in [-0.25, -0.2) is 4.39 Å². The van der Waals surface area contributed by atoms with E-state index in [4.69, 9.17) is 10.5 Å². The van der Waals surface area contributed by atoms with Gasteiger partial charge in [0.15, 0.2) is 0 Å². The minimum absolute atomic E-state index is 0.128. The third-order valence-electron chi connectivity index (χ3n) is 2.86. The average Bonchev–Trinajstić information content (AvgIpc) is 2.75. The molecule has 0 saturated heterocycles. The van der Waals surface area contributed by atoms with Crippen LogP contribution in [0.5, 0.6) is 0 Å². The van der Waals surface area contributed by atoms with Crippen LogP contribution in [0.15, 0.2) is 18.2 Å². The molecular formula is C14H17FN2O2S. The van der Waals surface area contributed by atoms with Crippen molar-refractivity contribution < 1.29 is 13.9 Å². The Hall–Kier alpha value is -1.66. The molecule has 6 heteroatoms. The summed E-state index contributed by atoms with van der Waals surface area (Å²) in [6.45, 7) is 4.76. The second-order valence-corrected chi connectivity index (χ2v) is 5.54. The van der Waals surface area contributed by atoms with Crippen molar-refractivity contribution in [3.05, 3.63) is 28.9 Å². The molecule has 20 heavy (non-hydrogen) atoms. The molecule has 2 aromatic rings. The van der Waals surface area contributed by atoms with E-state index >= 15 is 0 Å². The van der Waals surface area contributed by atoms with Gasteiger partial charge in [0.05, 0.1) is 17.7 Å². The summed E-state index contributed by atoms with van der Waals surface area (Å²) in [5.74, 6) is -0.701. The molecule has 108 valence electrons. The lowest BCUT2D eigenvalue weighted by Crippen LogP contribution is -2.35. The normalized spacial score (nSPS) is 12.6. The van der Waals surface area contributed by atoms with E-state index in [1.54, 1.807) is 12.1 Å². The number of benzene rings is 1. The second kappa shape index (κ2) is 6.19. The van der Waals surface area contributed by atoms with E-state index in [1.807, 2.05) is 13.8 Å². The Morgan fingerprint density at radius 2 is 2.30 bits per heavy atom. The first-order valence-corrected chi connectivity index (χ1v) is 7.21. The van der Waals surface area contributed by atoms with Gasteiger partial charge in [0.1, 0.15) is 10.7 Å². The SMILES string of the molecule is CCOCC(C)NC(=O)c1sc2cccc(F)c2c1N. The van der Waals surface area contributed by atoms with Crippen molar-refractivity contribution in [1.82, 2.24) is 5.32 Å². The number of thiophene rings is 1. The highest BCUT2D eigenvalue weighted by atomic mass is 32.1. The Morgan fingerprint density at radius 3 is 2.95 bits per heavy atom. The third kappa shape index (κ3) is 2.91. The lowest BCUT2D eigenvalue weighted by atomic mass is 10.2. The summed E-state index contributed by atoms with van der Waals surface area (Å²) in [7, 11) is 0. The predicted octanol–water partition coefficient (Wildman–Crippen LogP) is 2.78. The number of halogens is 1. The Balaban J connectivity index is 2.22. The lowest BCUT2D eigenvalue weighted by Gasteiger charge is -2.13. The van der Waals surface area contributed by atoms with Crippen LogP contribution in [0.4, 0.5) is 10.1 Å². The Bertz CT molecular complexity index is 627. The number of fused-ring (bicyclic) bond motifs is 1. The maximum absolute atomic E-state index is 13.7. The molecule has 4 nitrogen and oxygen atoms in total. The highest BCUT2D eigenvalue weighted by Gasteiger charge is 2.19. The molecular weight excluding hydrogens is 279 g/mol. The number of nitrogen functional groups attached to an aromatic ring is 1. The standard InChI is InChI=1S/C14H17FN2O2S/c1-3-19-7-8(2)17-14(18)13-12(16)11-9(15)5-4-6-10(11)20-13/h4-6,8H,3,7,16H2,1-2H3,(H,17,18). The summed E-state index contributed by atoms with van der Waals surface area (Å²) in [5, 5.41) is 3.12. The molecule has 1 aromatic heterocycles. The number of carbonyl (C=O) groups is 1. The number of nitrogens with one attached hydrogen (secondary N) is 1. The van der Waals surface area contributed by atoms with Crippen molar-refractivity contribution in [3.63, 3.8) is 0 Å². The molecule has 0 aliphatic heterocycles. The monoisotopic (exact) mass is 296 g/mol. The molecule has 3 N–H and O–H groups in total. The summed E-state index contributed by atoms with van der Waals surface area (Å²) in [6.07, 6.45) is 0. The van der Waals surface area contributed by atoms with E-state index in [9.17, 15) is 9.18 Å². The summed E-state index contributed by atoms with van der Waals surface area (Å²) < 4.78 is 19.6. The van der Waals surface area contributed by atoms with Gasteiger partial charge in [-0.1, -0.05) is 6.07 Å². The molecule has 0 aliphatic rings. The average molecular weight is 296 g/mol. The van der Waals surface area contributed by atoms with Crippen LogP contribution in [0.1, 0.15) is 23.5 Å². The number of amides is 1. The number of ether oxygens (including phenoxy) is 1. The minimum atomic E-state index is -0.405. The van der Waals surface area contributed by atoms with Gasteiger partial charge in [0.2, 0.25) is 0 Å². The zero-order chi connectivity index (χ0) is 14.7. The zero-order valence-corrected chi connectivity index (χ0v) is 12.2. The second-order valence-electron chi connectivity index (χ2n) is 4.49. The van der Waals surface area contributed by atoms with Crippen LogP contribution in [0, 0.1) is 5.82 Å². The maximum atomic E-state index is 13.7. The molecule has 0 bridgehead atoms. The summed E-state index contributed by atoms with van der Waals surface area (Å²) >= 11 is 1.19. The van der Waals surface area contributed by atoms with Crippen molar-refractivity contribution in [3.8, 4) is 0 Å². The molecule has 0 spiro atoms. The number of anilines is 1. The molecule has 0 saturated carbocycles. The first kappa shape index (κ1) is 14.7. The third-order valence-corrected chi connectivity index (χ3v) is 4.03. The molecule has 2 rings (SSSR count). The van der Waals surface area contributed by atoms with E-state index < -0.39 is 5.82 Å². The predicted molar refractivity (Wildman–Crippen MR) is 79.6 cm³/mol. The van der Waals surface area contributed by atoms with Crippen molar-refractivity contribution in [1.29, 1.82) is 0 Å². The molecule has 1 heterocycles. The van der Waals surface area contributed by atoms with E-state index in [2.05, 4.69) is 5.32 Å². The summed E-state index contributed by atoms with van der Waals surface area (Å²) in [4.78, 5) is 12.5. The van der Waals surface area contributed by atoms with Gasteiger partial charge in [-0.15, -0.1) is 11.3 Å². The highest BCUT2D eigenvalue weighted by Crippen LogP contribution is 2.35. The van der Waals surface area contributed by atoms with Crippen LogP contribution in [0.2, 0.25) is 0 Å². The summed E-state index contributed by atoms with van der Waals surface area (Å²) in [6, 6.07) is 4.56. The molecule has 1 unspecified atom stereocenters. The van der Waals surface area contributed by atoms with E-state index in [0.29, 0.717) is 28.2 Å². The van der Waals surface area contributed by atoms with E-state index in [-0.39, 0.29) is 17.6 Å². The van der Waals surface area contributed by atoms with Crippen molar-refractivity contribution in [2.24, 2.45) is 0 Å². The number of hydrogen-bond acceptors (Lipinski definition) is 4. The van der Waals surface area contributed by atoms with Crippen LogP contribution >= 0.6 is 11.3 Å². The van der Waals surface area contributed by atoms with Crippen LogP contribution in [0.25, 0.3) is 10.1 Å². The number of nitrogens with two attached hydrogens (primary N) is 1. The largest absolute Gasteiger partial charge is 0.397 e. The van der Waals surface area contributed by atoms with Gasteiger partial charge < -0.3 is 15.8 Å². The fourth-order valence-corrected chi connectivity index (χ4v) is 2.96. The maximum Gasteiger partial charge on any atom is 0.263 e. The first-order valence-electron chi connectivity index (χ1n) is 6.39. The quantitative estimate of drug-likeness (QED) is 0.891. The van der Waals surface area contributed by atoms with E-state index in [1.165, 1.54) is 17.4 Å². The van der Waals surface area contributed by atoms with Crippen LogP contribution in [-0.2, 0) is 4.74 Å². The number of hydrogen-bond donors (Lipinski definition) is 2. The Morgan fingerprint density at radius 1 is 1.55 bits per heavy atom. The molecule has 0 radical (unpaired) electrons.